The predicted molar refractivity (Wildman–Crippen MR) is 75.3 cm³/mol. The Hall–Kier alpha value is -2.70. The summed E-state index contributed by atoms with van der Waals surface area (Å²) < 4.78 is 1.48. The molecule has 1 aromatic heterocycles. The molecule has 0 aliphatic rings. The second kappa shape index (κ2) is 5.74. The van der Waals surface area contributed by atoms with Crippen LogP contribution in [0, 0.1) is 6.92 Å². The number of carboxylic acids is 1. The first-order valence-electron chi connectivity index (χ1n) is 6.39. The van der Waals surface area contributed by atoms with Gasteiger partial charge in [-0.1, -0.05) is 22.9 Å². The lowest BCUT2D eigenvalue weighted by Crippen LogP contribution is -2.40. The molecule has 7 heteroatoms. The first kappa shape index (κ1) is 14.7. The number of carbonyl (C=O) groups is 2. The third kappa shape index (κ3) is 3.07. The summed E-state index contributed by atoms with van der Waals surface area (Å²) in [5, 5.41) is 16.6. The molecule has 1 unspecified atom stereocenters. The number of benzene rings is 1. The molecule has 0 radical (unpaired) electrons. The van der Waals surface area contributed by atoms with E-state index in [0.717, 1.165) is 16.2 Å². The largest absolute Gasteiger partial charge is 0.480 e. The number of rotatable bonds is 4. The predicted octanol–water partition coefficient (Wildman–Crippen LogP) is 1.12. The molecule has 1 aromatic carbocycles. The summed E-state index contributed by atoms with van der Waals surface area (Å²) in [5.41, 5.74) is 2.00. The van der Waals surface area contributed by atoms with Gasteiger partial charge in [-0.25, -0.2) is 9.48 Å². The highest BCUT2D eigenvalue weighted by Gasteiger charge is 2.24. The Morgan fingerprint density at radius 3 is 2.48 bits per heavy atom. The molecule has 0 aliphatic carbocycles. The van der Waals surface area contributed by atoms with Crippen molar-refractivity contribution in [1.82, 2.24) is 19.9 Å². The van der Waals surface area contributed by atoms with E-state index in [-0.39, 0.29) is 5.69 Å². The zero-order chi connectivity index (χ0) is 15.6. The lowest BCUT2D eigenvalue weighted by Gasteiger charge is -2.19. The van der Waals surface area contributed by atoms with E-state index in [1.165, 1.54) is 24.9 Å². The van der Waals surface area contributed by atoms with Gasteiger partial charge in [-0.3, -0.25) is 4.79 Å². The van der Waals surface area contributed by atoms with Crippen LogP contribution in [0.25, 0.3) is 5.69 Å². The van der Waals surface area contributed by atoms with Crippen LogP contribution in [0.5, 0.6) is 0 Å². The van der Waals surface area contributed by atoms with E-state index in [1.807, 2.05) is 31.2 Å². The fourth-order valence-corrected chi connectivity index (χ4v) is 1.71. The number of carbonyl (C=O) groups excluding carboxylic acids is 1. The Balaban J connectivity index is 2.21. The minimum absolute atomic E-state index is 0.103. The van der Waals surface area contributed by atoms with Gasteiger partial charge >= 0.3 is 5.97 Å². The molecule has 0 spiro atoms. The maximum Gasteiger partial charge on any atom is 0.326 e. The highest BCUT2D eigenvalue weighted by atomic mass is 16.4. The van der Waals surface area contributed by atoms with Gasteiger partial charge in [0, 0.05) is 7.05 Å². The average Bonchev–Trinajstić information content (AvgIpc) is 2.95. The van der Waals surface area contributed by atoms with Gasteiger partial charge in [-0.2, -0.15) is 0 Å². The van der Waals surface area contributed by atoms with Crippen LogP contribution in [0.4, 0.5) is 0 Å². The molecular formula is C14H16N4O3. The van der Waals surface area contributed by atoms with Gasteiger partial charge in [0.15, 0.2) is 5.69 Å². The van der Waals surface area contributed by atoms with Crippen molar-refractivity contribution in [2.24, 2.45) is 0 Å². The van der Waals surface area contributed by atoms with Crippen LogP contribution in [0.2, 0.25) is 0 Å². The Kier molecular flexibility index (Phi) is 4.02. The topological polar surface area (TPSA) is 88.3 Å². The van der Waals surface area contributed by atoms with Crippen molar-refractivity contribution >= 4 is 11.9 Å². The van der Waals surface area contributed by atoms with Crippen molar-refractivity contribution in [3.63, 3.8) is 0 Å². The molecular weight excluding hydrogens is 272 g/mol. The fraction of sp³-hybridized carbons (Fsp3) is 0.286. The highest BCUT2D eigenvalue weighted by molar-refractivity contribution is 5.94. The van der Waals surface area contributed by atoms with Crippen LogP contribution in [-0.2, 0) is 4.79 Å². The summed E-state index contributed by atoms with van der Waals surface area (Å²) in [5.74, 6) is -1.56. The first-order valence-corrected chi connectivity index (χ1v) is 6.39. The molecule has 0 aliphatic heterocycles. The van der Waals surface area contributed by atoms with Crippen LogP contribution in [0.1, 0.15) is 23.0 Å². The number of likely N-dealkylation sites (N-methyl/N-ethyl adjacent to an activating group) is 1. The minimum Gasteiger partial charge on any atom is -0.480 e. The summed E-state index contributed by atoms with van der Waals surface area (Å²) in [7, 11) is 1.42. The van der Waals surface area contributed by atoms with Gasteiger partial charge in [0.05, 0.1) is 11.9 Å². The van der Waals surface area contributed by atoms with Gasteiger partial charge in [-0.15, -0.1) is 5.10 Å². The lowest BCUT2D eigenvalue weighted by atomic mass is 10.2. The monoisotopic (exact) mass is 288 g/mol. The molecule has 1 heterocycles. The molecule has 1 N–H and O–H groups in total. The van der Waals surface area contributed by atoms with E-state index in [9.17, 15) is 9.59 Å². The van der Waals surface area contributed by atoms with Gasteiger partial charge in [0.1, 0.15) is 6.04 Å². The zero-order valence-corrected chi connectivity index (χ0v) is 12.0. The summed E-state index contributed by atoms with van der Waals surface area (Å²) in [6, 6.07) is 6.65. The van der Waals surface area contributed by atoms with Gasteiger partial charge < -0.3 is 10.0 Å². The van der Waals surface area contributed by atoms with Gasteiger partial charge in [0.25, 0.3) is 5.91 Å². The van der Waals surface area contributed by atoms with Gasteiger partial charge in [0.2, 0.25) is 0 Å². The van der Waals surface area contributed by atoms with Crippen LogP contribution in [-0.4, -0.2) is 50.0 Å². The van der Waals surface area contributed by atoms with Crippen molar-refractivity contribution < 1.29 is 14.7 Å². The van der Waals surface area contributed by atoms with E-state index in [1.54, 1.807) is 0 Å². The molecule has 21 heavy (non-hydrogen) atoms. The quantitative estimate of drug-likeness (QED) is 0.910. The third-order valence-corrected chi connectivity index (χ3v) is 3.27. The number of amides is 1. The molecule has 7 nitrogen and oxygen atoms in total. The second-order valence-corrected chi connectivity index (χ2v) is 4.81. The maximum absolute atomic E-state index is 12.1. The highest BCUT2D eigenvalue weighted by Crippen LogP contribution is 2.10. The van der Waals surface area contributed by atoms with Crippen LogP contribution in [0.3, 0.4) is 0 Å². The second-order valence-electron chi connectivity index (χ2n) is 4.81. The van der Waals surface area contributed by atoms with Crippen molar-refractivity contribution in [1.29, 1.82) is 0 Å². The molecule has 1 atom stereocenters. The molecule has 2 aromatic rings. The molecule has 110 valence electrons. The SMILES string of the molecule is Cc1ccc(-n2cc(C(=O)N(C)C(C)C(=O)O)nn2)cc1. The molecule has 2 rings (SSSR count). The number of carboxylic acid groups (broad SMARTS) is 1. The minimum atomic E-state index is -1.07. The Bertz CT molecular complexity index is 663. The number of aliphatic carboxylic acids is 1. The summed E-state index contributed by atoms with van der Waals surface area (Å²) >= 11 is 0. The van der Waals surface area contributed by atoms with Crippen molar-refractivity contribution in [3.8, 4) is 5.69 Å². The standard InChI is InChI=1S/C14H16N4O3/c1-9-4-6-11(7-5-9)18-8-12(15-16-18)13(19)17(3)10(2)14(20)21/h4-8,10H,1-3H3,(H,20,21). The Labute approximate surface area is 121 Å². The van der Waals surface area contributed by atoms with E-state index in [0.29, 0.717) is 0 Å². The first-order chi connectivity index (χ1) is 9.90. The van der Waals surface area contributed by atoms with Gasteiger partial charge in [-0.05, 0) is 26.0 Å². The van der Waals surface area contributed by atoms with Crippen molar-refractivity contribution in [3.05, 3.63) is 41.7 Å². The smallest absolute Gasteiger partial charge is 0.326 e. The summed E-state index contributed by atoms with van der Waals surface area (Å²) in [4.78, 5) is 24.2. The number of hydrogen-bond acceptors (Lipinski definition) is 4. The van der Waals surface area contributed by atoms with Crippen molar-refractivity contribution in [2.75, 3.05) is 7.05 Å². The van der Waals surface area contributed by atoms with Crippen molar-refractivity contribution in [2.45, 2.75) is 19.9 Å². The zero-order valence-electron chi connectivity index (χ0n) is 12.0. The summed E-state index contributed by atoms with van der Waals surface area (Å²) in [6.45, 7) is 3.41. The van der Waals surface area contributed by atoms with E-state index in [4.69, 9.17) is 5.11 Å². The molecule has 0 bridgehead atoms. The fourth-order valence-electron chi connectivity index (χ4n) is 1.71. The number of aryl methyl sites for hydroxylation is 1. The van der Waals surface area contributed by atoms with E-state index < -0.39 is 17.9 Å². The summed E-state index contributed by atoms with van der Waals surface area (Å²) in [6.07, 6.45) is 1.48. The molecule has 0 saturated heterocycles. The Morgan fingerprint density at radius 2 is 1.90 bits per heavy atom. The van der Waals surface area contributed by atoms with Crippen LogP contribution in [0.15, 0.2) is 30.5 Å². The normalized spacial score (nSPS) is 12.0. The molecule has 0 fully saturated rings. The molecule has 1 amide bonds. The van der Waals surface area contributed by atoms with E-state index >= 15 is 0 Å². The Morgan fingerprint density at radius 1 is 1.29 bits per heavy atom. The number of aromatic nitrogens is 3. The van der Waals surface area contributed by atoms with E-state index in [2.05, 4.69) is 10.3 Å². The van der Waals surface area contributed by atoms with Crippen LogP contribution < -0.4 is 0 Å². The molecule has 0 saturated carbocycles. The lowest BCUT2D eigenvalue weighted by molar-refractivity contribution is -0.141. The maximum atomic E-state index is 12.1. The average molecular weight is 288 g/mol. The number of hydrogen-bond donors (Lipinski definition) is 1. The third-order valence-electron chi connectivity index (χ3n) is 3.27. The number of nitrogens with zero attached hydrogens (tertiary/aromatic N) is 4. The van der Waals surface area contributed by atoms with Crippen LogP contribution >= 0.6 is 0 Å².